The molecule has 2 heterocycles. The third-order valence-corrected chi connectivity index (χ3v) is 7.56. The van der Waals surface area contributed by atoms with E-state index in [0.29, 0.717) is 4.08 Å². The topological polar surface area (TPSA) is 17.8 Å². The summed E-state index contributed by atoms with van der Waals surface area (Å²) in [5.74, 6) is 2.56. The molecule has 1 aromatic carbocycles. The molecule has 1 aromatic heterocycles. The number of nitrogens with zero attached hydrogens (tertiary/aromatic N) is 2. The highest BCUT2D eigenvalue weighted by Crippen LogP contribution is 2.48. The van der Waals surface area contributed by atoms with E-state index in [1.54, 1.807) is 0 Å². The molecule has 2 aromatic rings. The average Bonchev–Trinajstić information content (AvgIpc) is 3.18. The Bertz CT molecular complexity index is 543. The van der Waals surface area contributed by atoms with E-state index in [2.05, 4.69) is 70.5 Å². The summed E-state index contributed by atoms with van der Waals surface area (Å²) >= 11 is 4.29. The number of hydrogen-bond donors (Lipinski definition) is 0. The number of thioether (sulfide) groups is 2. The summed E-state index contributed by atoms with van der Waals surface area (Å²) in [5.41, 5.74) is 2.90. The molecular formula is C17H22N2S2. The lowest BCUT2D eigenvalue weighted by atomic mass is 10.0. The second kappa shape index (κ2) is 6.93. The first-order valence-corrected chi connectivity index (χ1v) is 9.58. The van der Waals surface area contributed by atoms with Gasteiger partial charge in [0.1, 0.15) is 0 Å². The van der Waals surface area contributed by atoms with Crippen LogP contribution >= 0.6 is 23.5 Å². The molecule has 0 amide bonds. The first kappa shape index (κ1) is 15.0. The zero-order valence-electron chi connectivity index (χ0n) is 12.5. The third kappa shape index (κ3) is 3.86. The van der Waals surface area contributed by atoms with Crippen LogP contribution in [0.3, 0.4) is 0 Å². The summed E-state index contributed by atoms with van der Waals surface area (Å²) in [5, 5.41) is 0. The number of rotatable bonds is 6. The highest BCUT2D eigenvalue weighted by atomic mass is 32.2. The molecule has 2 nitrogen and oxygen atoms in total. The van der Waals surface area contributed by atoms with E-state index in [-0.39, 0.29) is 0 Å². The average molecular weight is 319 g/mol. The zero-order valence-corrected chi connectivity index (χ0v) is 14.1. The maximum Gasteiger partial charge on any atom is 0.0945 e. The third-order valence-electron chi connectivity index (χ3n) is 4.03. The van der Waals surface area contributed by atoms with Gasteiger partial charge in [-0.2, -0.15) is 0 Å². The molecule has 21 heavy (non-hydrogen) atoms. The molecule has 1 saturated heterocycles. The standard InChI is InChI=1S/C17H22N2S2/c1-2-15-3-5-16(6-4-15)13-17(20-11-12-21-17)7-9-19-10-8-18-14-19/h3-6,8,10,14H,2,7,9,11-13H2,1H3. The lowest BCUT2D eigenvalue weighted by Gasteiger charge is -2.27. The van der Waals surface area contributed by atoms with Crippen molar-refractivity contribution in [3.05, 3.63) is 54.1 Å². The van der Waals surface area contributed by atoms with Gasteiger partial charge in [0.25, 0.3) is 0 Å². The van der Waals surface area contributed by atoms with Gasteiger partial charge in [-0.1, -0.05) is 31.2 Å². The van der Waals surface area contributed by atoms with Gasteiger partial charge in [0.15, 0.2) is 0 Å². The van der Waals surface area contributed by atoms with Crippen molar-refractivity contribution >= 4 is 23.5 Å². The normalized spacial score (nSPS) is 17.2. The minimum atomic E-state index is 0.345. The summed E-state index contributed by atoms with van der Waals surface area (Å²) < 4.78 is 2.54. The summed E-state index contributed by atoms with van der Waals surface area (Å²) in [6, 6.07) is 9.20. The Hall–Kier alpha value is -0.870. The molecule has 0 radical (unpaired) electrons. The largest absolute Gasteiger partial charge is 0.337 e. The summed E-state index contributed by atoms with van der Waals surface area (Å²) in [7, 11) is 0. The van der Waals surface area contributed by atoms with Crippen LogP contribution in [0.25, 0.3) is 0 Å². The van der Waals surface area contributed by atoms with Crippen LogP contribution in [0.4, 0.5) is 0 Å². The van der Waals surface area contributed by atoms with Crippen LogP contribution < -0.4 is 0 Å². The predicted octanol–water partition coefficient (Wildman–Crippen LogP) is 4.25. The molecule has 0 spiro atoms. The molecule has 0 N–H and O–H groups in total. The van der Waals surface area contributed by atoms with Crippen LogP contribution in [0, 0.1) is 0 Å². The minimum Gasteiger partial charge on any atom is -0.337 e. The van der Waals surface area contributed by atoms with Crippen molar-refractivity contribution in [2.24, 2.45) is 0 Å². The number of aromatic nitrogens is 2. The van der Waals surface area contributed by atoms with E-state index < -0.39 is 0 Å². The molecule has 0 saturated carbocycles. The molecule has 0 bridgehead atoms. The monoisotopic (exact) mass is 318 g/mol. The van der Waals surface area contributed by atoms with Crippen molar-refractivity contribution < 1.29 is 0 Å². The molecule has 0 atom stereocenters. The fraction of sp³-hybridized carbons (Fsp3) is 0.471. The highest BCUT2D eigenvalue weighted by molar-refractivity contribution is 8.21. The van der Waals surface area contributed by atoms with Crippen LogP contribution in [-0.2, 0) is 19.4 Å². The summed E-state index contributed by atoms with van der Waals surface area (Å²) in [4.78, 5) is 4.14. The van der Waals surface area contributed by atoms with Gasteiger partial charge in [0, 0.05) is 30.4 Å². The van der Waals surface area contributed by atoms with Crippen molar-refractivity contribution in [1.29, 1.82) is 0 Å². The summed E-state index contributed by atoms with van der Waals surface area (Å²) in [6.45, 7) is 3.28. The first-order valence-electron chi connectivity index (χ1n) is 7.61. The van der Waals surface area contributed by atoms with Crippen molar-refractivity contribution in [1.82, 2.24) is 9.55 Å². The Labute approximate surface area is 135 Å². The van der Waals surface area contributed by atoms with E-state index in [1.807, 2.05) is 12.5 Å². The van der Waals surface area contributed by atoms with Gasteiger partial charge >= 0.3 is 0 Å². The maximum absolute atomic E-state index is 4.14. The van der Waals surface area contributed by atoms with Gasteiger partial charge in [0.2, 0.25) is 0 Å². The quantitative estimate of drug-likeness (QED) is 0.793. The molecule has 112 valence electrons. The molecule has 0 aliphatic carbocycles. The maximum atomic E-state index is 4.14. The Morgan fingerprint density at radius 1 is 1.14 bits per heavy atom. The highest BCUT2D eigenvalue weighted by Gasteiger charge is 2.35. The molecule has 4 heteroatoms. The van der Waals surface area contributed by atoms with Crippen LogP contribution in [0.2, 0.25) is 0 Å². The second-order valence-electron chi connectivity index (χ2n) is 5.50. The molecular weight excluding hydrogens is 296 g/mol. The van der Waals surface area contributed by atoms with E-state index in [4.69, 9.17) is 0 Å². The number of imidazole rings is 1. The number of hydrogen-bond acceptors (Lipinski definition) is 3. The zero-order chi connectivity index (χ0) is 14.5. The Morgan fingerprint density at radius 2 is 1.86 bits per heavy atom. The first-order chi connectivity index (χ1) is 10.3. The van der Waals surface area contributed by atoms with Gasteiger partial charge < -0.3 is 4.57 Å². The molecule has 1 aliphatic rings. The van der Waals surface area contributed by atoms with Gasteiger partial charge in [-0.05, 0) is 30.4 Å². The molecule has 3 rings (SSSR count). The van der Waals surface area contributed by atoms with Gasteiger partial charge in [-0.25, -0.2) is 4.98 Å². The molecule has 1 aliphatic heterocycles. The lowest BCUT2D eigenvalue weighted by molar-refractivity contribution is 0.597. The van der Waals surface area contributed by atoms with Crippen LogP contribution in [0.15, 0.2) is 43.0 Å². The van der Waals surface area contributed by atoms with Crippen LogP contribution in [-0.4, -0.2) is 25.1 Å². The Kier molecular flexibility index (Phi) is 4.96. The molecule has 0 unspecified atom stereocenters. The van der Waals surface area contributed by atoms with E-state index in [9.17, 15) is 0 Å². The van der Waals surface area contributed by atoms with Crippen molar-refractivity contribution in [2.75, 3.05) is 11.5 Å². The minimum absolute atomic E-state index is 0.345. The van der Waals surface area contributed by atoms with E-state index >= 15 is 0 Å². The molecule has 1 fully saturated rings. The van der Waals surface area contributed by atoms with Gasteiger partial charge in [-0.15, -0.1) is 23.5 Å². The lowest BCUT2D eigenvalue weighted by Crippen LogP contribution is -2.23. The fourth-order valence-corrected chi connectivity index (χ4v) is 6.01. The number of benzene rings is 1. The Morgan fingerprint density at radius 3 is 2.48 bits per heavy atom. The Balaban J connectivity index is 1.67. The van der Waals surface area contributed by atoms with Crippen molar-refractivity contribution in [3.8, 4) is 0 Å². The van der Waals surface area contributed by atoms with E-state index in [0.717, 1.165) is 13.0 Å². The van der Waals surface area contributed by atoms with Gasteiger partial charge in [-0.3, -0.25) is 0 Å². The van der Waals surface area contributed by atoms with Crippen molar-refractivity contribution in [3.63, 3.8) is 0 Å². The van der Waals surface area contributed by atoms with Crippen LogP contribution in [0.5, 0.6) is 0 Å². The van der Waals surface area contributed by atoms with Gasteiger partial charge in [0.05, 0.1) is 10.4 Å². The van der Waals surface area contributed by atoms with E-state index in [1.165, 1.54) is 35.5 Å². The number of aryl methyl sites for hydroxylation is 2. The smallest absolute Gasteiger partial charge is 0.0945 e. The SMILES string of the molecule is CCc1ccc(CC2(CCn3ccnc3)SCCS2)cc1. The fourth-order valence-electron chi connectivity index (χ4n) is 2.75. The summed E-state index contributed by atoms with van der Waals surface area (Å²) in [6.07, 6.45) is 9.35. The van der Waals surface area contributed by atoms with Crippen molar-refractivity contribution in [2.45, 2.75) is 36.8 Å². The second-order valence-corrected chi connectivity index (χ2v) is 8.72. The predicted molar refractivity (Wildman–Crippen MR) is 94.0 cm³/mol. The van der Waals surface area contributed by atoms with Crippen LogP contribution in [0.1, 0.15) is 24.5 Å².